The number of cyclic esters (lactones) is 1. The highest BCUT2D eigenvalue weighted by atomic mass is 35.5. The fourth-order valence-electron chi connectivity index (χ4n) is 2.51. The van der Waals surface area contributed by atoms with Crippen LogP contribution >= 0.6 is 11.6 Å². The predicted octanol–water partition coefficient (Wildman–Crippen LogP) is 2.33. The summed E-state index contributed by atoms with van der Waals surface area (Å²) in [7, 11) is 0. The molecular formula is C14H24ClNO3. The van der Waals surface area contributed by atoms with Crippen LogP contribution in [-0.4, -0.2) is 23.4 Å². The average molecular weight is 290 g/mol. The fourth-order valence-corrected chi connectivity index (χ4v) is 2.85. The topological polar surface area (TPSA) is 69.4 Å². The van der Waals surface area contributed by atoms with Crippen molar-refractivity contribution in [3.63, 3.8) is 0 Å². The van der Waals surface area contributed by atoms with Gasteiger partial charge in [-0.05, 0) is 36.3 Å². The lowest BCUT2D eigenvalue weighted by atomic mass is 9.86. The van der Waals surface area contributed by atoms with Gasteiger partial charge in [-0.1, -0.05) is 27.7 Å². The number of halogens is 1. The minimum absolute atomic E-state index is 0.0831. The normalized spacial score (nSPS) is 26.6. The molecular weight excluding hydrogens is 266 g/mol. The van der Waals surface area contributed by atoms with Gasteiger partial charge in [0.2, 0.25) is 5.24 Å². The molecule has 0 aromatic carbocycles. The van der Waals surface area contributed by atoms with Gasteiger partial charge in [-0.15, -0.1) is 0 Å². The summed E-state index contributed by atoms with van der Waals surface area (Å²) in [6.45, 7) is 7.88. The summed E-state index contributed by atoms with van der Waals surface area (Å²) in [6, 6.07) is -0.331. The van der Waals surface area contributed by atoms with Crippen LogP contribution in [0, 0.1) is 23.7 Å². The molecule has 110 valence electrons. The number of hydrogen-bond donors (Lipinski definition) is 1. The molecule has 4 atom stereocenters. The number of carbonyl (C=O) groups excluding carboxylic acids is 2. The number of ether oxygens (including phenoxy) is 1. The maximum Gasteiger partial charge on any atom is 0.309 e. The van der Waals surface area contributed by atoms with Crippen LogP contribution in [0.25, 0.3) is 0 Å². The third-order valence-corrected chi connectivity index (χ3v) is 4.24. The molecule has 1 rings (SSSR count). The fraction of sp³-hybridized carbons (Fsp3) is 0.857. The number of carbonyl (C=O) groups is 2. The van der Waals surface area contributed by atoms with Crippen LogP contribution in [-0.2, 0) is 14.3 Å². The summed E-state index contributed by atoms with van der Waals surface area (Å²) >= 11 is 5.60. The Kier molecular flexibility index (Phi) is 5.81. The molecule has 2 N–H and O–H groups in total. The number of hydrogen-bond acceptors (Lipinski definition) is 4. The Hall–Kier alpha value is -0.610. The minimum Gasteiger partial charge on any atom is -0.460 e. The monoisotopic (exact) mass is 289 g/mol. The molecule has 0 spiro atoms. The van der Waals surface area contributed by atoms with Gasteiger partial charge >= 0.3 is 5.97 Å². The van der Waals surface area contributed by atoms with Gasteiger partial charge in [0, 0.05) is 12.0 Å². The van der Waals surface area contributed by atoms with Crippen LogP contribution in [0.3, 0.4) is 0 Å². The van der Waals surface area contributed by atoms with E-state index in [4.69, 9.17) is 22.1 Å². The van der Waals surface area contributed by atoms with Gasteiger partial charge in [0.05, 0.1) is 5.92 Å². The van der Waals surface area contributed by atoms with Gasteiger partial charge in [0.15, 0.2) is 0 Å². The van der Waals surface area contributed by atoms with E-state index in [0.717, 1.165) is 0 Å². The Morgan fingerprint density at radius 2 is 2.00 bits per heavy atom. The summed E-state index contributed by atoms with van der Waals surface area (Å²) in [5.74, 6) is -0.156. The first kappa shape index (κ1) is 16.4. The molecule has 1 heterocycles. The number of nitrogens with two attached hydrogens (primary N) is 1. The maximum atomic E-state index is 11.7. The van der Waals surface area contributed by atoms with Crippen molar-refractivity contribution in [1.82, 2.24) is 0 Å². The smallest absolute Gasteiger partial charge is 0.309 e. The van der Waals surface area contributed by atoms with E-state index >= 15 is 0 Å². The van der Waals surface area contributed by atoms with Crippen molar-refractivity contribution in [2.75, 3.05) is 0 Å². The molecule has 2 unspecified atom stereocenters. The highest BCUT2D eigenvalue weighted by Crippen LogP contribution is 2.31. The van der Waals surface area contributed by atoms with Gasteiger partial charge < -0.3 is 10.5 Å². The van der Waals surface area contributed by atoms with E-state index in [1.54, 1.807) is 0 Å². The van der Waals surface area contributed by atoms with E-state index in [1.165, 1.54) is 0 Å². The number of esters is 1. The molecule has 0 radical (unpaired) electrons. The molecule has 4 nitrogen and oxygen atoms in total. The molecule has 5 heteroatoms. The van der Waals surface area contributed by atoms with Gasteiger partial charge in [0.25, 0.3) is 0 Å². The standard InChI is InChI=1S/C14H24ClNO3/c1-7(2)9(13(15)17)5-11(16)12-6-10(8(3)4)14(18)19-12/h7-12H,5-6,16H2,1-4H3/t9-,10?,11-,12?/m0/s1. The summed E-state index contributed by atoms with van der Waals surface area (Å²) in [5.41, 5.74) is 6.09. The minimum atomic E-state index is -0.366. The Morgan fingerprint density at radius 3 is 2.37 bits per heavy atom. The van der Waals surface area contributed by atoms with Crippen molar-refractivity contribution < 1.29 is 14.3 Å². The van der Waals surface area contributed by atoms with Crippen molar-refractivity contribution in [2.24, 2.45) is 29.4 Å². The van der Waals surface area contributed by atoms with E-state index in [0.29, 0.717) is 12.8 Å². The quantitative estimate of drug-likeness (QED) is 0.602. The van der Waals surface area contributed by atoms with Gasteiger partial charge in [-0.2, -0.15) is 0 Å². The molecule has 1 aliphatic rings. The largest absolute Gasteiger partial charge is 0.460 e. The highest BCUT2D eigenvalue weighted by molar-refractivity contribution is 6.64. The summed E-state index contributed by atoms with van der Waals surface area (Å²) in [4.78, 5) is 23.1. The van der Waals surface area contributed by atoms with E-state index in [1.807, 2.05) is 27.7 Å². The molecule has 1 aliphatic heterocycles. The molecule has 0 aromatic rings. The first-order valence-corrected chi connectivity index (χ1v) is 7.27. The molecule has 19 heavy (non-hydrogen) atoms. The third kappa shape index (κ3) is 4.18. The molecule has 1 fully saturated rings. The van der Waals surface area contributed by atoms with E-state index in [2.05, 4.69) is 0 Å². The van der Waals surface area contributed by atoms with Crippen LogP contribution in [0.4, 0.5) is 0 Å². The van der Waals surface area contributed by atoms with Gasteiger partial charge in [-0.3, -0.25) is 9.59 Å². The molecule has 0 aromatic heterocycles. The van der Waals surface area contributed by atoms with Gasteiger partial charge in [-0.25, -0.2) is 0 Å². The molecule has 0 amide bonds. The van der Waals surface area contributed by atoms with Crippen LogP contribution in [0.15, 0.2) is 0 Å². The lowest BCUT2D eigenvalue weighted by molar-refractivity contribution is -0.145. The lowest BCUT2D eigenvalue weighted by Crippen LogP contribution is -2.38. The highest BCUT2D eigenvalue weighted by Gasteiger charge is 2.40. The van der Waals surface area contributed by atoms with E-state index in [-0.39, 0.29) is 47.0 Å². The summed E-state index contributed by atoms with van der Waals surface area (Å²) in [5, 5.41) is -0.366. The zero-order valence-electron chi connectivity index (χ0n) is 12.1. The number of rotatable bonds is 6. The van der Waals surface area contributed by atoms with Crippen molar-refractivity contribution in [3.05, 3.63) is 0 Å². The molecule has 0 bridgehead atoms. The second kappa shape index (κ2) is 6.71. The second-order valence-corrected chi connectivity index (χ2v) is 6.49. The third-order valence-electron chi connectivity index (χ3n) is 3.96. The lowest BCUT2D eigenvalue weighted by Gasteiger charge is -2.24. The van der Waals surface area contributed by atoms with Crippen molar-refractivity contribution in [3.8, 4) is 0 Å². The first-order valence-electron chi connectivity index (χ1n) is 6.89. The van der Waals surface area contributed by atoms with Crippen molar-refractivity contribution in [2.45, 2.75) is 52.7 Å². The van der Waals surface area contributed by atoms with Crippen LogP contribution < -0.4 is 5.73 Å². The first-order chi connectivity index (χ1) is 8.73. The zero-order valence-corrected chi connectivity index (χ0v) is 12.8. The van der Waals surface area contributed by atoms with Crippen LogP contribution in [0.2, 0.25) is 0 Å². The van der Waals surface area contributed by atoms with Crippen LogP contribution in [0.1, 0.15) is 40.5 Å². The second-order valence-electron chi connectivity index (χ2n) is 6.12. The van der Waals surface area contributed by atoms with Crippen molar-refractivity contribution in [1.29, 1.82) is 0 Å². The molecule has 0 saturated carbocycles. The van der Waals surface area contributed by atoms with Crippen LogP contribution in [0.5, 0.6) is 0 Å². The summed E-state index contributed by atoms with van der Waals surface area (Å²) in [6.07, 6.45) is 0.805. The Bertz CT molecular complexity index is 344. The Labute approximate surface area is 120 Å². The van der Waals surface area contributed by atoms with E-state index < -0.39 is 0 Å². The Balaban J connectivity index is 2.62. The maximum absolute atomic E-state index is 11.7. The molecule has 1 saturated heterocycles. The summed E-state index contributed by atoms with van der Waals surface area (Å²) < 4.78 is 5.34. The average Bonchev–Trinajstić information content (AvgIpc) is 2.67. The van der Waals surface area contributed by atoms with Gasteiger partial charge in [0.1, 0.15) is 6.10 Å². The van der Waals surface area contributed by atoms with Crippen molar-refractivity contribution >= 4 is 22.8 Å². The SMILES string of the molecule is CC(C)C1CC([C@@H](N)C[C@H](C(=O)Cl)C(C)C)OC1=O. The Morgan fingerprint density at radius 1 is 1.42 bits per heavy atom. The predicted molar refractivity (Wildman–Crippen MR) is 74.6 cm³/mol. The molecule has 0 aliphatic carbocycles. The van der Waals surface area contributed by atoms with E-state index in [9.17, 15) is 9.59 Å². The zero-order chi connectivity index (χ0) is 14.7.